The molecule has 0 aliphatic rings. The molecule has 75 heavy (non-hydrogen) atoms. The van der Waals surface area contributed by atoms with Crippen molar-refractivity contribution in [1.82, 2.24) is 19.5 Å². The van der Waals surface area contributed by atoms with E-state index in [2.05, 4.69) is 259 Å². The SMILES string of the molecule is c1ccc(-c2ccc3c(c2)c2cc(-c4ccccc4)ccc2n3-c2c(-c3ccccc3)cc(-c3nc(-c4cccc5c4sc4ccccc45)nc(-c4cccc5c4sc4ccccc45)n3)cc2-c2ccccc2)cc1. The van der Waals surface area contributed by atoms with Gasteiger partial charge in [-0.15, -0.1) is 22.7 Å². The van der Waals surface area contributed by atoms with Crippen LogP contribution in [-0.4, -0.2) is 19.5 Å². The summed E-state index contributed by atoms with van der Waals surface area (Å²) < 4.78 is 7.28. The fourth-order valence-corrected chi connectivity index (χ4v) is 13.6. The Bertz CT molecular complexity index is 4400. The normalized spacial score (nSPS) is 11.7. The Hall–Kier alpha value is -9.33. The van der Waals surface area contributed by atoms with Crippen LogP contribution in [0.5, 0.6) is 0 Å². The lowest BCUT2D eigenvalue weighted by Crippen LogP contribution is -2.04. The van der Waals surface area contributed by atoms with Crippen molar-refractivity contribution in [3.8, 4) is 84.4 Å². The summed E-state index contributed by atoms with van der Waals surface area (Å²) in [6, 6.07) is 91.9. The first-order chi connectivity index (χ1) is 37.2. The summed E-state index contributed by atoms with van der Waals surface area (Å²) in [7, 11) is 0. The molecule has 4 aromatic heterocycles. The number of nitrogens with zero attached hydrogens (tertiary/aromatic N) is 4. The molecule has 0 spiro atoms. The van der Waals surface area contributed by atoms with Crippen LogP contribution in [0.15, 0.2) is 255 Å². The standard InChI is InChI=1S/C69H42N4S2/c1-5-19-43(20-6-1)47-35-37-60-58(39-47)59-40-48(44-21-7-2-8-22-44)36-38-61(59)73(60)64-56(45-23-9-3-10-24-45)41-49(42-57(64)46-25-11-4-12-26-46)67-70-68(54-31-17-29-52-50-27-13-15-33-62(50)74-65(52)54)72-69(71-67)55-32-18-30-53-51-28-14-16-34-63(51)75-66(53)55/h1-42H. The Morgan fingerprint density at radius 3 is 1.09 bits per heavy atom. The van der Waals surface area contributed by atoms with Crippen molar-refractivity contribution in [2.24, 2.45) is 0 Å². The van der Waals surface area contributed by atoms with Gasteiger partial charge >= 0.3 is 0 Å². The second-order valence-corrected chi connectivity index (χ2v) is 21.2. The molecule has 350 valence electrons. The van der Waals surface area contributed by atoms with E-state index in [1.54, 1.807) is 22.7 Å². The summed E-state index contributed by atoms with van der Waals surface area (Å²) in [5, 5.41) is 7.23. The second kappa shape index (κ2) is 17.7. The predicted molar refractivity (Wildman–Crippen MR) is 318 cm³/mol. The van der Waals surface area contributed by atoms with Crippen molar-refractivity contribution >= 4 is 84.8 Å². The number of benzene rings is 11. The van der Waals surface area contributed by atoms with Gasteiger partial charge in [-0.05, 0) is 94.0 Å². The zero-order chi connectivity index (χ0) is 49.4. The molecule has 0 amide bonds. The van der Waals surface area contributed by atoms with Gasteiger partial charge in [0.05, 0.1) is 16.7 Å². The molecule has 0 saturated carbocycles. The third-order valence-corrected chi connectivity index (χ3v) is 17.1. The quantitative estimate of drug-likeness (QED) is 0.152. The molecule has 11 aromatic carbocycles. The first kappa shape index (κ1) is 43.3. The maximum absolute atomic E-state index is 5.56. The minimum Gasteiger partial charge on any atom is -0.308 e. The largest absolute Gasteiger partial charge is 0.308 e. The summed E-state index contributed by atoms with van der Waals surface area (Å²) >= 11 is 3.58. The van der Waals surface area contributed by atoms with E-state index in [0.717, 1.165) is 65.1 Å². The molecule has 0 aliphatic carbocycles. The number of fused-ring (bicyclic) bond motifs is 9. The van der Waals surface area contributed by atoms with Gasteiger partial charge in [0, 0.05) is 78.9 Å². The lowest BCUT2D eigenvalue weighted by atomic mass is 9.92. The number of rotatable bonds is 8. The van der Waals surface area contributed by atoms with Crippen molar-refractivity contribution in [2.45, 2.75) is 0 Å². The van der Waals surface area contributed by atoms with E-state index >= 15 is 0 Å². The van der Waals surface area contributed by atoms with Gasteiger partial charge in [0.25, 0.3) is 0 Å². The zero-order valence-corrected chi connectivity index (χ0v) is 42.0. The Balaban J connectivity index is 1.04. The van der Waals surface area contributed by atoms with Crippen LogP contribution in [0.25, 0.3) is 147 Å². The molecule has 0 atom stereocenters. The minimum absolute atomic E-state index is 0.606. The Labute approximate surface area is 440 Å². The smallest absolute Gasteiger partial charge is 0.165 e. The van der Waals surface area contributed by atoms with Crippen molar-refractivity contribution in [2.75, 3.05) is 0 Å². The monoisotopic (exact) mass is 990 g/mol. The van der Waals surface area contributed by atoms with E-state index < -0.39 is 0 Å². The lowest BCUT2D eigenvalue weighted by Gasteiger charge is -2.21. The van der Waals surface area contributed by atoms with E-state index in [1.807, 2.05) is 0 Å². The molecule has 15 aromatic rings. The van der Waals surface area contributed by atoms with Crippen molar-refractivity contribution in [1.29, 1.82) is 0 Å². The highest BCUT2D eigenvalue weighted by Crippen LogP contribution is 2.47. The molecule has 15 rings (SSSR count). The average molecular weight is 991 g/mol. The van der Waals surface area contributed by atoms with Crippen molar-refractivity contribution in [3.63, 3.8) is 0 Å². The summed E-state index contributed by atoms with van der Waals surface area (Å²) in [5.74, 6) is 1.89. The van der Waals surface area contributed by atoms with Crippen LogP contribution in [0, 0.1) is 0 Å². The number of hydrogen-bond acceptors (Lipinski definition) is 5. The van der Waals surface area contributed by atoms with E-state index in [-0.39, 0.29) is 0 Å². The summed E-state index contributed by atoms with van der Waals surface area (Å²) in [6.45, 7) is 0. The highest BCUT2D eigenvalue weighted by molar-refractivity contribution is 7.26. The fraction of sp³-hybridized carbons (Fsp3) is 0. The topological polar surface area (TPSA) is 43.6 Å². The molecule has 4 nitrogen and oxygen atoms in total. The number of thiophene rings is 2. The van der Waals surface area contributed by atoms with Crippen LogP contribution in [0.3, 0.4) is 0 Å². The first-order valence-electron chi connectivity index (χ1n) is 25.2. The van der Waals surface area contributed by atoms with E-state index in [4.69, 9.17) is 15.0 Å². The highest BCUT2D eigenvalue weighted by atomic mass is 32.1. The Morgan fingerprint density at radius 1 is 0.253 bits per heavy atom. The first-order valence-corrected chi connectivity index (χ1v) is 26.9. The van der Waals surface area contributed by atoms with Gasteiger partial charge in [0.1, 0.15) is 0 Å². The van der Waals surface area contributed by atoms with Crippen LogP contribution in [0.2, 0.25) is 0 Å². The van der Waals surface area contributed by atoms with Gasteiger partial charge in [-0.1, -0.05) is 194 Å². The van der Waals surface area contributed by atoms with Gasteiger partial charge in [-0.2, -0.15) is 0 Å². The molecule has 0 saturated heterocycles. The van der Waals surface area contributed by atoms with Crippen LogP contribution >= 0.6 is 22.7 Å². The van der Waals surface area contributed by atoms with Crippen LogP contribution in [0.1, 0.15) is 0 Å². The molecule has 0 fully saturated rings. The highest BCUT2D eigenvalue weighted by Gasteiger charge is 2.25. The predicted octanol–water partition coefficient (Wildman–Crippen LogP) is 19.4. The molecule has 0 aliphatic heterocycles. The molecule has 0 unspecified atom stereocenters. The third kappa shape index (κ3) is 7.29. The average Bonchev–Trinajstić information content (AvgIpc) is 4.21. The Morgan fingerprint density at radius 2 is 0.640 bits per heavy atom. The van der Waals surface area contributed by atoms with E-state index in [1.165, 1.54) is 64.0 Å². The lowest BCUT2D eigenvalue weighted by molar-refractivity contribution is 1.08. The molecule has 6 heteroatoms. The molecular formula is C69H42N4S2. The number of hydrogen-bond donors (Lipinski definition) is 0. The minimum atomic E-state index is 0.606. The van der Waals surface area contributed by atoms with Gasteiger partial charge in [-0.25, -0.2) is 15.0 Å². The van der Waals surface area contributed by atoms with Gasteiger partial charge in [-0.3, -0.25) is 0 Å². The molecule has 4 heterocycles. The van der Waals surface area contributed by atoms with Crippen LogP contribution in [-0.2, 0) is 0 Å². The maximum atomic E-state index is 5.56. The summed E-state index contributed by atoms with van der Waals surface area (Å²) in [6.07, 6.45) is 0. The fourth-order valence-electron chi connectivity index (χ4n) is 11.2. The summed E-state index contributed by atoms with van der Waals surface area (Å²) in [4.78, 5) is 16.6. The van der Waals surface area contributed by atoms with Gasteiger partial charge < -0.3 is 4.57 Å². The van der Waals surface area contributed by atoms with E-state index in [9.17, 15) is 0 Å². The second-order valence-electron chi connectivity index (χ2n) is 19.1. The molecular weight excluding hydrogens is 949 g/mol. The molecule has 0 radical (unpaired) electrons. The van der Waals surface area contributed by atoms with Gasteiger partial charge in [0.2, 0.25) is 0 Å². The van der Waals surface area contributed by atoms with Crippen molar-refractivity contribution < 1.29 is 0 Å². The van der Waals surface area contributed by atoms with Gasteiger partial charge in [0.15, 0.2) is 17.5 Å². The van der Waals surface area contributed by atoms with Crippen LogP contribution in [0.4, 0.5) is 0 Å². The molecule has 0 bridgehead atoms. The number of aromatic nitrogens is 4. The Kier molecular flexibility index (Phi) is 10.2. The third-order valence-electron chi connectivity index (χ3n) is 14.7. The van der Waals surface area contributed by atoms with Crippen molar-refractivity contribution in [3.05, 3.63) is 255 Å². The van der Waals surface area contributed by atoms with E-state index in [0.29, 0.717) is 17.5 Å². The zero-order valence-electron chi connectivity index (χ0n) is 40.4. The maximum Gasteiger partial charge on any atom is 0.165 e. The summed E-state index contributed by atoms with van der Waals surface area (Å²) in [5.41, 5.74) is 15.2. The molecule has 0 N–H and O–H groups in total. The van der Waals surface area contributed by atoms with Crippen LogP contribution < -0.4 is 0 Å².